The molecule has 0 aliphatic heterocycles. The summed E-state index contributed by atoms with van der Waals surface area (Å²) in [6, 6.07) is 0. The number of ether oxygens (including phenoxy) is 2. The van der Waals surface area contributed by atoms with E-state index >= 15 is 0 Å². The van der Waals surface area contributed by atoms with Crippen LogP contribution in [0.1, 0.15) is 6.42 Å². The Morgan fingerprint density at radius 3 is 1.75 bits per heavy atom. The van der Waals surface area contributed by atoms with Crippen molar-refractivity contribution in [3.63, 3.8) is 0 Å². The van der Waals surface area contributed by atoms with Crippen molar-refractivity contribution in [3.8, 4) is 0 Å². The molecule has 7 heteroatoms. The van der Waals surface area contributed by atoms with Gasteiger partial charge in [0.15, 0.2) is 0 Å². The molecule has 0 amide bonds. The van der Waals surface area contributed by atoms with Gasteiger partial charge in [0.25, 0.3) is 5.41 Å². The zero-order valence-corrected chi connectivity index (χ0v) is 8.76. The first-order chi connectivity index (χ1) is 7.27. The number of allylic oxidation sites excluding steroid dienone is 1. The Morgan fingerprint density at radius 2 is 1.56 bits per heavy atom. The van der Waals surface area contributed by atoms with Crippen LogP contribution in [0.4, 0.5) is 13.2 Å². The van der Waals surface area contributed by atoms with Crippen LogP contribution in [-0.4, -0.2) is 32.3 Å². The van der Waals surface area contributed by atoms with Crippen molar-refractivity contribution >= 4 is 11.9 Å². The minimum Gasteiger partial charge on any atom is -0.468 e. The molecule has 0 aliphatic carbocycles. The first-order valence-electron chi connectivity index (χ1n) is 4.12. The minimum atomic E-state index is -5.11. The van der Waals surface area contributed by atoms with Crippen molar-refractivity contribution in [1.29, 1.82) is 0 Å². The van der Waals surface area contributed by atoms with E-state index < -0.39 is 30.0 Å². The van der Waals surface area contributed by atoms with Gasteiger partial charge in [-0.3, -0.25) is 9.59 Å². The average molecular weight is 240 g/mol. The summed E-state index contributed by atoms with van der Waals surface area (Å²) in [5.74, 6) is -3.43. The van der Waals surface area contributed by atoms with E-state index in [1.165, 1.54) is 0 Å². The number of carbonyl (C=O) groups is 2. The van der Waals surface area contributed by atoms with Crippen LogP contribution in [0.25, 0.3) is 0 Å². The van der Waals surface area contributed by atoms with E-state index in [4.69, 9.17) is 0 Å². The fraction of sp³-hybridized carbons (Fsp3) is 0.556. The Kier molecular flexibility index (Phi) is 4.52. The van der Waals surface area contributed by atoms with Gasteiger partial charge in [0, 0.05) is 6.42 Å². The zero-order chi connectivity index (χ0) is 13.0. The van der Waals surface area contributed by atoms with Gasteiger partial charge in [-0.15, -0.1) is 6.58 Å². The van der Waals surface area contributed by atoms with Crippen molar-refractivity contribution in [2.75, 3.05) is 14.2 Å². The Hall–Kier alpha value is -1.53. The monoisotopic (exact) mass is 240 g/mol. The molecular formula is C9H11F3O4. The normalized spacial score (nSPS) is 11.8. The third-order valence-electron chi connectivity index (χ3n) is 2.00. The lowest BCUT2D eigenvalue weighted by molar-refractivity contribution is -0.237. The molecule has 0 aromatic rings. The fourth-order valence-corrected chi connectivity index (χ4v) is 1.16. The summed E-state index contributed by atoms with van der Waals surface area (Å²) in [5.41, 5.74) is -3.34. The molecule has 0 rings (SSSR count). The van der Waals surface area contributed by atoms with Gasteiger partial charge in [-0.25, -0.2) is 0 Å². The van der Waals surface area contributed by atoms with Crippen LogP contribution in [0.15, 0.2) is 12.7 Å². The molecule has 0 N–H and O–H groups in total. The predicted molar refractivity (Wildman–Crippen MR) is 47.3 cm³/mol. The Labute approximate surface area is 90.0 Å². The molecule has 16 heavy (non-hydrogen) atoms. The largest absolute Gasteiger partial charge is 0.468 e. The molecule has 0 unspecified atom stereocenters. The van der Waals surface area contributed by atoms with Crippen LogP contribution in [0.3, 0.4) is 0 Å². The molecule has 0 fully saturated rings. The molecule has 0 radical (unpaired) electrons. The summed E-state index contributed by atoms with van der Waals surface area (Å²) >= 11 is 0. The SMILES string of the molecule is C=CCC(C(=O)OC)(C(=O)OC)C(F)(F)F. The quantitative estimate of drug-likeness (QED) is 0.424. The van der Waals surface area contributed by atoms with Crippen LogP contribution in [-0.2, 0) is 19.1 Å². The van der Waals surface area contributed by atoms with Crippen LogP contribution in [0, 0.1) is 5.41 Å². The van der Waals surface area contributed by atoms with E-state index in [1.54, 1.807) is 0 Å². The molecular weight excluding hydrogens is 229 g/mol. The molecule has 0 bridgehead atoms. The molecule has 0 saturated heterocycles. The summed E-state index contributed by atoms with van der Waals surface area (Å²) in [5, 5.41) is 0. The maximum Gasteiger partial charge on any atom is 0.415 e. The topological polar surface area (TPSA) is 52.6 Å². The van der Waals surface area contributed by atoms with E-state index in [2.05, 4.69) is 16.1 Å². The Balaban J connectivity index is 5.67. The maximum absolute atomic E-state index is 12.8. The van der Waals surface area contributed by atoms with Gasteiger partial charge < -0.3 is 9.47 Å². The predicted octanol–water partition coefficient (Wildman–Crippen LogP) is 1.46. The van der Waals surface area contributed by atoms with Gasteiger partial charge in [0.2, 0.25) is 0 Å². The van der Waals surface area contributed by atoms with E-state index in [-0.39, 0.29) is 0 Å². The first-order valence-corrected chi connectivity index (χ1v) is 4.12. The zero-order valence-electron chi connectivity index (χ0n) is 8.76. The number of esters is 2. The Morgan fingerprint density at radius 1 is 1.19 bits per heavy atom. The van der Waals surface area contributed by atoms with Gasteiger partial charge in [0.1, 0.15) is 0 Å². The number of methoxy groups -OCH3 is 2. The molecule has 0 aromatic heterocycles. The smallest absolute Gasteiger partial charge is 0.415 e. The highest BCUT2D eigenvalue weighted by Crippen LogP contribution is 2.43. The van der Waals surface area contributed by atoms with Crippen molar-refractivity contribution in [1.82, 2.24) is 0 Å². The molecule has 0 heterocycles. The standard InChI is InChI=1S/C9H11F3O4/c1-4-5-8(6(13)15-2,7(14)16-3)9(10,11)12/h4H,1,5H2,2-3H3. The maximum atomic E-state index is 12.8. The summed E-state index contributed by atoms with van der Waals surface area (Å²) in [4.78, 5) is 22.4. The van der Waals surface area contributed by atoms with E-state index in [1.807, 2.05) is 0 Å². The molecule has 0 spiro atoms. The highest BCUT2D eigenvalue weighted by molar-refractivity contribution is 6.01. The van der Waals surface area contributed by atoms with E-state index in [0.717, 1.165) is 20.3 Å². The van der Waals surface area contributed by atoms with Crippen molar-refractivity contribution in [3.05, 3.63) is 12.7 Å². The van der Waals surface area contributed by atoms with Gasteiger partial charge in [-0.1, -0.05) is 6.08 Å². The van der Waals surface area contributed by atoms with Crippen LogP contribution >= 0.6 is 0 Å². The second-order valence-electron chi connectivity index (χ2n) is 2.88. The van der Waals surface area contributed by atoms with Crippen molar-refractivity contribution < 1.29 is 32.2 Å². The van der Waals surface area contributed by atoms with Crippen LogP contribution in [0.5, 0.6) is 0 Å². The average Bonchev–Trinajstić information content (AvgIpc) is 2.21. The third kappa shape index (κ3) is 2.17. The van der Waals surface area contributed by atoms with Gasteiger partial charge in [0.05, 0.1) is 14.2 Å². The lowest BCUT2D eigenvalue weighted by atomic mass is 9.83. The second-order valence-corrected chi connectivity index (χ2v) is 2.88. The summed E-state index contributed by atoms with van der Waals surface area (Å²) in [7, 11) is 1.52. The molecule has 0 aromatic carbocycles. The summed E-state index contributed by atoms with van der Waals surface area (Å²) in [6.45, 7) is 3.08. The highest BCUT2D eigenvalue weighted by Gasteiger charge is 2.67. The number of carbonyl (C=O) groups excluding carboxylic acids is 2. The van der Waals surface area contributed by atoms with Crippen molar-refractivity contribution in [2.24, 2.45) is 5.41 Å². The minimum absolute atomic E-state index is 0.759. The number of hydrogen-bond donors (Lipinski definition) is 0. The Bertz CT molecular complexity index is 280. The molecule has 4 nitrogen and oxygen atoms in total. The lowest BCUT2D eigenvalue weighted by Gasteiger charge is -2.28. The van der Waals surface area contributed by atoms with Gasteiger partial charge in [-0.2, -0.15) is 13.2 Å². The number of alkyl halides is 3. The fourth-order valence-electron chi connectivity index (χ4n) is 1.16. The third-order valence-corrected chi connectivity index (χ3v) is 2.00. The van der Waals surface area contributed by atoms with E-state index in [9.17, 15) is 22.8 Å². The molecule has 0 aliphatic rings. The highest BCUT2D eigenvalue weighted by atomic mass is 19.4. The summed E-state index contributed by atoms with van der Waals surface area (Å²) in [6.07, 6.45) is -5.24. The molecule has 0 saturated carbocycles. The van der Waals surface area contributed by atoms with E-state index in [0.29, 0.717) is 0 Å². The van der Waals surface area contributed by atoms with Crippen LogP contribution in [0.2, 0.25) is 0 Å². The van der Waals surface area contributed by atoms with Crippen LogP contribution < -0.4 is 0 Å². The first kappa shape index (κ1) is 14.5. The lowest BCUT2D eigenvalue weighted by Crippen LogP contribution is -2.52. The second kappa shape index (κ2) is 5.00. The number of halogens is 3. The van der Waals surface area contributed by atoms with Crippen molar-refractivity contribution in [2.45, 2.75) is 12.6 Å². The molecule has 0 atom stereocenters. The van der Waals surface area contributed by atoms with Gasteiger partial charge >= 0.3 is 18.1 Å². The number of hydrogen-bond acceptors (Lipinski definition) is 4. The summed E-state index contributed by atoms with van der Waals surface area (Å²) < 4.78 is 46.4. The van der Waals surface area contributed by atoms with Gasteiger partial charge in [-0.05, 0) is 0 Å². The number of rotatable bonds is 4. The molecule has 92 valence electrons.